The first-order valence-electron chi connectivity index (χ1n) is 9.23. The Morgan fingerprint density at radius 3 is 2.34 bits per heavy atom. The quantitative estimate of drug-likeness (QED) is 0.453. The first kappa shape index (κ1) is 20.3. The summed E-state index contributed by atoms with van der Waals surface area (Å²) in [6, 6.07) is 12.5. The topological polar surface area (TPSA) is 66.9 Å². The summed E-state index contributed by atoms with van der Waals surface area (Å²) in [4.78, 5) is 39.4. The van der Waals surface area contributed by atoms with E-state index in [0.717, 1.165) is 0 Å². The minimum absolute atomic E-state index is 0.179. The second-order valence-electron chi connectivity index (χ2n) is 6.63. The molecule has 0 N–H and O–H groups in total. The van der Waals surface area contributed by atoms with Gasteiger partial charge in [0.25, 0.3) is 5.91 Å². The van der Waals surface area contributed by atoms with Crippen LogP contribution in [-0.4, -0.2) is 53.8 Å². The molecule has 3 rings (SSSR count). The Morgan fingerprint density at radius 2 is 1.66 bits per heavy atom. The molecule has 2 amide bonds. The zero-order valence-electron chi connectivity index (χ0n) is 16.0. The minimum atomic E-state index is -0.451. The van der Waals surface area contributed by atoms with E-state index in [0.29, 0.717) is 43.1 Å². The van der Waals surface area contributed by atoms with Gasteiger partial charge in [-0.25, -0.2) is 4.39 Å². The Bertz CT molecular complexity index is 949. The van der Waals surface area contributed by atoms with E-state index in [1.165, 1.54) is 31.2 Å². The van der Waals surface area contributed by atoms with Crippen molar-refractivity contribution >= 4 is 23.9 Å². The second-order valence-corrected chi connectivity index (χ2v) is 6.63. The van der Waals surface area contributed by atoms with Crippen LogP contribution in [0.25, 0.3) is 6.08 Å². The summed E-state index contributed by atoms with van der Waals surface area (Å²) in [6.07, 6.45) is 2.98. The molecule has 150 valence electrons. The van der Waals surface area contributed by atoms with Crippen molar-refractivity contribution in [1.82, 2.24) is 9.80 Å². The van der Waals surface area contributed by atoms with Gasteiger partial charge in [-0.1, -0.05) is 18.2 Å². The van der Waals surface area contributed by atoms with Gasteiger partial charge in [-0.15, -0.1) is 0 Å². The molecule has 2 aromatic rings. The lowest BCUT2D eigenvalue weighted by Gasteiger charge is -2.34. The highest BCUT2D eigenvalue weighted by molar-refractivity contribution is 5.95. The van der Waals surface area contributed by atoms with Gasteiger partial charge in [-0.3, -0.25) is 14.4 Å². The summed E-state index contributed by atoms with van der Waals surface area (Å²) in [5, 5.41) is 0. The van der Waals surface area contributed by atoms with Gasteiger partial charge in [0.05, 0.1) is 0 Å². The lowest BCUT2D eigenvalue weighted by molar-refractivity contribution is -0.132. The summed E-state index contributed by atoms with van der Waals surface area (Å²) >= 11 is 0. The molecule has 0 aliphatic carbocycles. The van der Waals surface area contributed by atoms with Gasteiger partial charge in [0.2, 0.25) is 5.91 Å². The van der Waals surface area contributed by atoms with Crippen molar-refractivity contribution in [3.8, 4) is 5.75 Å². The smallest absolute Gasteiger partial charge is 0.308 e. The van der Waals surface area contributed by atoms with Crippen molar-refractivity contribution in [2.24, 2.45) is 0 Å². The maximum atomic E-state index is 13.2. The Labute approximate surface area is 168 Å². The van der Waals surface area contributed by atoms with E-state index in [1.54, 1.807) is 46.2 Å². The van der Waals surface area contributed by atoms with Gasteiger partial charge in [-0.2, -0.15) is 0 Å². The zero-order chi connectivity index (χ0) is 20.8. The SMILES string of the molecule is CC(=O)Oc1cccc(C(=O)N2CCN(C(=O)/C=C/c3cccc(F)c3)CC2)c1. The van der Waals surface area contributed by atoms with Crippen molar-refractivity contribution in [2.45, 2.75) is 6.92 Å². The molecular formula is C22H21FN2O4. The third-order valence-electron chi connectivity index (χ3n) is 4.49. The molecule has 1 saturated heterocycles. The summed E-state index contributed by atoms with van der Waals surface area (Å²) in [5.41, 5.74) is 1.04. The molecule has 0 spiro atoms. The molecule has 2 aromatic carbocycles. The highest BCUT2D eigenvalue weighted by atomic mass is 19.1. The predicted molar refractivity (Wildman–Crippen MR) is 106 cm³/mol. The average molecular weight is 396 g/mol. The van der Waals surface area contributed by atoms with Crippen molar-refractivity contribution in [1.29, 1.82) is 0 Å². The standard InChI is InChI=1S/C22H21FN2O4/c1-16(26)29-20-7-3-5-18(15-20)22(28)25-12-10-24(11-13-25)21(27)9-8-17-4-2-6-19(23)14-17/h2-9,14-15H,10-13H2,1H3/b9-8+. The monoisotopic (exact) mass is 396 g/mol. The van der Waals surface area contributed by atoms with Crippen LogP contribution < -0.4 is 4.74 Å². The average Bonchev–Trinajstić information content (AvgIpc) is 2.71. The third-order valence-corrected chi connectivity index (χ3v) is 4.49. The second kappa shape index (κ2) is 9.14. The number of amides is 2. The normalized spacial score (nSPS) is 14.1. The van der Waals surface area contributed by atoms with E-state index < -0.39 is 5.97 Å². The summed E-state index contributed by atoms with van der Waals surface area (Å²) < 4.78 is 18.2. The van der Waals surface area contributed by atoms with Crippen LogP contribution in [0.2, 0.25) is 0 Å². The van der Waals surface area contributed by atoms with Gasteiger partial charge in [-0.05, 0) is 42.0 Å². The van der Waals surface area contributed by atoms with Crippen molar-refractivity contribution in [3.63, 3.8) is 0 Å². The number of carbonyl (C=O) groups is 3. The van der Waals surface area contributed by atoms with Gasteiger partial charge in [0, 0.05) is 44.7 Å². The molecule has 1 heterocycles. The molecule has 0 saturated carbocycles. The number of halogens is 1. The van der Waals surface area contributed by atoms with E-state index in [1.807, 2.05) is 0 Å². The fourth-order valence-corrected chi connectivity index (χ4v) is 3.05. The zero-order valence-corrected chi connectivity index (χ0v) is 16.0. The summed E-state index contributed by atoms with van der Waals surface area (Å²) in [7, 11) is 0. The molecule has 29 heavy (non-hydrogen) atoms. The van der Waals surface area contributed by atoms with Crippen LogP contribution in [0.5, 0.6) is 5.75 Å². The minimum Gasteiger partial charge on any atom is -0.427 e. The molecule has 7 heteroatoms. The number of hydrogen-bond acceptors (Lipinski definition) is 4. The van der Waals surface area contributed by atoms with E-state index in [9.17, 15) is 18.8 Å². The lowest BCUT2D eigenvalue weighted by atomic mass is 10.1. The Balaban J connectivity index is 1.56. The number of carbonyl (C=O) groups excluding carboxylic acids is 3. The number of ether oxygens (including phenoxy) is 1. The lowest BCUT2D eigenvalue weighted by Crippen LogP contribution is -2.50. The van der Waals surface area contributed by atoms with Crippen LogP contribution in [0.4, 0.5) is 4.39 Å². The predicted octanol–water partition coefficient (Wildman–Crippen LogP) is 2.75. The van der Waals surface area contributed by atoms with Crippen molar-refractivity contribution in [2.75, 3.05) is 26.2 Å². The first-order valence-corrected chi connectivity index (χ1v) is 9.23. The number of rotatable bonds is 4. The molecule has 6 nitrogen and oxygen atoms in total. The maximum absolute atomic E-state index is 13.2. The highest BCUT2D eigenvalue weighted by Gasteiger charge is 2.24. The number of hydrogen-bond donors (Lipinski definition) is 0. The first-order chi connectivity index (χ1) is 13.9. The fraction of sp³-hybridized carbons (Fsp3) is 0.227. The van der Waals surface area contributed by atoms with Crippen molar-refractivity contribution in [3.05, 3.63) is 71.6 Å². The Kier molecular flexibility index (Phi) is 6.39. The number of benzene rings is 2. The molecule has 0 atom stereocenters. The summed E-state index contributed by atoms with van der Waals surface area (Å²) in [6.45, 7) is 2.91. The highest BCUT2D eigenvalue weighted by Crippen LogP contribution is 2.16. The van der Waals surface area contributed by atoms with E-state index >= 15 is 0 Å². The van der Waals surface area contributed by atoms with Crippen LogP contribution in [0.1, 0.15) is 22.8 Å². The number of esters is 1. The van der Waals surface area contributed by atoms with Crippen LogP contribution in [0.15, 0.2) is 54.6 Å². The van der Waals surface area contributed by atoms with Gasteiger partial charge < -0.3 is 14.5 Å². The third kappa shape index (κ3) is 5.51. The number of piperazine rings is 1. The van der Waals surface area contributed by atoms with E-state index in [2.05, 4.69) is 0 Å². The van der Waals surface area contributed by atoms with Gasteiger partial charge in [0.1, 0.15) is 11.6 Å². The Hall–Kier alpha value is -3.48. The largest absolute Gasteiger partial charge is 0.427 e. The maximum Gasteiger partial charge on any atom is 0.308 e. The van der Waals surface area contributed by atoms with Crippen LogP contribution >= 0.6 is 0 Å². The molecule has 0 aromatic heterocycles. The molecule has 1 aliphatic heterocycles. The molecule has 0 unspecified atom stereocenters. The van der Waals surface area contributed by atoms with E-state index in [-0.39, 0.29) is 17.6 Å². The van der Waals surface area contributed by atoms with E-state index in [4.69, 9.17) is 4.74 Å². The van der Waals surface area contributed by atoms with Crippen LogP contribution in [0.3, 0.4) is 0 Å². The van der Waals surface area contributed by atoms with Gasteiger partial charge >= 0.3 is 5.97 Å². The molecule has 0 bridgehead atoms. The van der Waals surface area contributed by atoms with Crippen molar-refractivity contribution < 1.29 is 23.5 Å². The molecule has 1 aliphatic rings. The number of nitrogens with zero attached hydrogens (tertiary/aromatic N) is 2. The molecule has 1 fully saturated rings. The van der Waals surface area contributed by atoms with Crippen LogP contribution in [-0.2, 0) is 9.59 Å². The Morgan fingerprint density at radius 1 is 0.966 bits per heavy atom. The van der Waals surface area contributed by atoms with Gasteiger partial charge in [0.15, 0.2) is 0 Å². The fourth-order valence-electron chi connectivity index (χ4n) is 3.05. The van der Waals surface area contributed by atoms with Crippen LogP contribution in [0, 0.1) is 5.82 Å². The molecular weight excluding hydrogens is 375 g/mol. The molecule has 0 radical (unpaired) electrons. The summed E-state index contributed by atoms with van der Waals surface area (Å²) in [5.74, 6) is -0.850.